The second-order valence-electron chi connectivity index (χ2n) is 4.12. The van der Waals surface area contributed by atoms with Crippen molar-refractivity contribution in [3.05, 3.63) is 34.9 Å². The number of ketones is 1. The van der Waals surface area contributed by atoms with E-state index in [1.54, 1.807) is 18.2 Å². The summed E-state index contributed by atoms with van der Waals surface area (Å²) in [5.74, 6) is -0.447. The summed E-state index contributed by atoms with van der Waals surface area (Å²) in [6, 6.07) is 6.28. The van der Waals surface area contributed by atoms with Gasteiger partial charge in [-0.1, -0.05) is 23.7 Å². The van der Waals surface area contributed by atoms with Crippen molar-refractivity contribution in [2.45, 2.75) is 18.6 Å². The van der Waals surface area contributed by atoms with E-state index in [-0.39, 0.29) is 0 Å². The van der Waals surface area contributed by atoms with Crippen LogP contribution in [0.2, 0.25) is 5.02 Å². The molecule has 0 aliphatic rings. The van der Waals surface area contributed by atoms with Gasteiger partial charge in [-0.2, -0.15) is 0 Å². The van der Waals surface area contributed by atoms with Crippen molar-refractivity contribution in [1.29, 1.82) is 0 Å². The van der Waals surface area contributed by atoms with Gasteiger partial charge < -0.3 is 0 Å². The van der Waals surface area contributed by atoms with Gasteiger partial charge in [0.1, 0.15) is 4.75 Å². The quantitative estimate of drug-likeness (QED) is 0.784. The summed E-state index contributed by atoms with van der Waals surface area (Å²) in [5.41, 5.74) is 0.308. The minimum Gasteiger partial charge on any atom is -0.292 e. The van der Waals surface area contributed by atoms with Crippen LogP contribution in [-0.2, 0) is 9.84 Å². The van der Waals surface area contributed by atoms with Crippen molar-refractivity contribution in [3.63, 3.8) is 0 Å². The average molecular weight is 261 g/mol. The molecule has 0 aliphatic heterocycles. The Labute approximate surface area is 100 Å². The first kappa shape index (κ1) is 13.2. The molecule has 0 aromatic heterocycles. The Kier molecular flexibility index (Phi) is 3.45. The summed E-state index contributed by atoms with van der Waals surface area (Å²) in [6.45, 7) is 2.79. The summed E-state index contributed by atoms with van der Waals surface area (Å²) >= 11 is 5.75. The second kappa shape index (κ2) is 4.18. The number of sulfone groups is 1. The van der Waals surface area contributed by atoms with Gasteiger partial charge >= 0.3 is 0 Å². The molecule has 0 spiro atoms. The fourth-order valence-corrected chi connectivity index (χ4v) is 1.79. The van der Waals surface area contributed by atoms with Crippen LogP contribution in [0.1, 0.15) is 24.2 Å². The third-order valence-corrected chi connectivity index (χ3v) is 4.84. The van der Waals surface area contributed by atoms with E-state index in [1.807, 2.05) is 0 Å². The number of carbonyl (C=O) groups excluding carboxylic acids is 1. The Morgan fingerprint density at radius 2 is 1.88 bits per heavy atom. The predicted molar refractivity (Wildman–Crippen MR) is 64.7 cm³/mol. The van der Waals surface area contributed by atoms with Gasteiger partial charge in [0.15, 0.2) is 15.6 Å². The smallest absolute Gasteiger partial charge is 0.183 e. The number of hydrogen-bond acceptors (Lipinski definition) is 3. The van der Waals surface area contributed by atoms with E-state index in [9.17, 15) is 13.2 Å². The highest BCUT2D eigenvalue weighted by atomic mass is 35.5. The van der Waals surface area contributed by atoms with Crippen LogP contribution in [0, 0.1) is 0 Å². The molecule has 0 bridgehead atoms. The first-order chi connectivity index (χ1) is 7.16. The second-order valence-corrected chi connectivity index (χ2v) is 7.12. The van der Waals surface area contributed by atoms with E-state index in [4.69, 9.17) is 11.6 Å². The van der Waals surface area contributed by atoms with Crippen molar-refractivity contribution in [2.24, 2.45) is 0 Å². The van der Waals surface area contributed by atoms with Crippen LogP contribution in [0.5, 0.6) is 0 Å². The molecule has 0 unspecified atom stereocenters. The molecule has 0 N–H and O–H groups in total. The highest BCUT2D eigenvalue weighted by Crippen LogP contribution is 2.23. The van der Waals surface area contributed by atoms with Gasteiger partial charge in [0.2, 0.25) is 0 Å². The van der Waals surface area contributed by atoms with Crippen LogP contribution in [0.15, 0.2) is 24.3 Å². The lowest BCUT2D eigenvalue weighted by Gasteiger charge is -2.20. The third-order valence-electron chi connectivity index (χ3n) is 2.56. The first-order valence-electron chi connectivity index (χ1n) is 4.66. The fraction of sp³-hybridized carbons (Fsp3) is 0.364. The molecule has 1 aromatic rings. The molecule has 0 heterocycles. The Morgan fingerprint density at radius 3 is 2.31 bits per heavy atom. The number of Topliss-reactive ketones (excluding diaryl/α,β-unsaturated/α-hetero) is 1. The lowest BCUT2D eigenvalue weighted by Crippen LogP contribution is -2.39. The lowest BCUT2D eigenvalue weighted by atomic mass is 10.0. The molecule has 0 amide bonds. The van der Waals surface area contributed by atoms with E-state index in [0.717, 1.165) is 6.26 Å². The summed E-state index contributed by atoms with van der Waals surface area (Å²) in [7, 11) is -3.46. The monoisotopic (exact) mass is 260 g/mol. The van der Waals surface area contributed by atoms with Crippen LogP contribution >= 0.6 is 11.6 Å². The zero-order chi connectivity index (χ0) is 12.6. The minimum atomic E-state index is -3.46. The largest absolute Gasteiger partial charge is 0.292 e. The fourth-order valence-electron chi connectivity index (χ4n) is 1.15. The molecule has 0 saturated carbocycles. The zero-order valence-electron chi connectivity index (χ0n) is 9.32. The molecule has 3 nitrogen and oxygen atoms in total. The molecule has 88 valence electrons. The minimum absolute atomic E-state index is 0.308. The molecule has 0 atom stereocenters. The molecule has 1 aromatic carbocycles. The van der Waals surface area contributed by atoms with Crippen LogP contribution in [0.4, 0.5) is 0 Å². The Hall–Kier alpha value is -0.870. The van der Waals surface area contributed by atoms with Crippen LogP contribution in [-0.4, -0.2) is 25.2 Å². The SMILES string of the molecule is CC(C)(C(=O)c1cccc(Cl)c1)S(C)(=O)=O. The van der Waals surface area contributed by atoms with Crippen LogP contribution < -0.4 is 0 Å². The van der Waals surface area contributed by atoms with Gasteiger partial charge in [0.25, 0.3) is 0 Å². The lowest BCUT2D eigenvalue weighted by molar-refractivity contribution is 0.0954. The maximum absolute atomic E-state index is 12.0. The van der Waals surface area contributed by atoms with Gasteiger partial charge in [-0.05, 0) is 26.0 Å². The third kappa shape index (κ3) is 2.44. The first-order valence-corrected chi connectivity index (χ1v) is 6.93. The van der Waals surface area contributed by atoms with Gasteiger partial charge in [-0.25, -0.2) is 8.42 Å². The van der Waals surface area contributed by atoms with Crippen LogP contribution in [0.3, 0.4) is 0 Å². The summed E-state index contributed by atoms with van der Waals surface area (Å²) < 4.78 is 21.6. The Morgan fingerprint density at radius 1 is 1.31 bits per heavy atom. The molecular weight excluding hydrogens is 248 g/mol. The van der Waals surface area contributed by atoms with Crippen molar-refractivity contribution >= 4 is 27.2 Å². The van der Waals surface area contributed by atoms with Gasteiger partial charge in [-0.15, -0.1) is 0 Å². The van der Waals surface area contributed by atoms with E-state index in [0.29, 0.717) is 10.6 Å². The normalized spacial score (nSPS) is 12.5. The van der Waals surface area contributed by atoms with Crippen molar-refractivity contribution in [3.8, 4) is 0 Å². The Balaban J connectivity index is 3.23. The highest BCUT2D eigenvalue weighted by Gasteiger charge is 2.38. The zero-order valence-corrected chi connectivity index (χ0v) is 10.9. The van der Waals surface area contributed by atoms with Gasteiger partial charge in [-0.3, -0.25) is 4.79 Å². The number of hydrogen-bond donors (Lipinski definition) is 0. The molecule has 0 fully saturated rings. The molecule has 0 saturated heterocycles. The summed E-state index contributed by atoms with van der Waals surface area (Å²) in [4.78, 5) is 12.0. The van der Waals surface area contributed by atoms with Gasteiger partial charge in [0, 0.05) is 16.8 Å². The maximum Gasteiger partial charge on any atom is 0.183 e. The standard InChI is InChI=1S/C11H13ClO3S/c1-11(2,16(3,14)15)10(13)8-5-4-6-9(12)7-8/h4-7H,1-3H3. The maximum atomic E-state index is 12.0. The van der Waals surface area contributed by atoms with Gasteiger partial charge in [0.05, 0.1) is 0 Å². The number of carbonyl (C=O) groups is 1. The van der Waals surface area contributed by atoms with Crippen molar-refractivity contribution in [2.75, 3.05) is 6.26 Å². The molecule has 0 aliphatic carbocycles. The molecular formula is C11H13ClO3S. The molecule has 0 radical (unpaired) electrons. The summed E-state index contributed by atoms with van der Waals surface area (Å²) in [6.07, 6.45) is 1.05. The van der Waals surface area contributed by atoms with E-state index < -0.39 is 20.4 Å². The number of benzene rings is 1. The Bertz CT molecular complexity index is 518. The number of halogens is 1. The summed E-state index contributed by atoms with van der Waals surface area (Å²) in [5, 5.41) is 0.412. The number of rotatable bonds is 3. The van der Waals surface area contributed by atoms with E-state index >= 15 is 0 Å². The average Bonchev–Trinajstić information content (AvgIpc) is 2.14. The van der Waals surface area contributed by atoms with Crippen molar-refractivity contribution < 1.29 is 13.2 Å². The predicted octanol–water partition coefficient (Wildman–Crippen LogP) is 2.35. The van der Waals surface area contributed by atoms with E-state index in [2.05, 4.69) is 0 Å². The van der Waals surface area contributed by atoms with E-state index in [1.165, 1.54) is 19.9 Å². The molecule has 1 rings (SSSR count). The molecule has 5 heteroatoms. The highest BCUT2D eigenvalue weighted by molar-refractivity contribution is 7.92. The van der Waals surface area contributed by atoms with Crippen LogP contribution in [0.25, 0.3) is 0 Å². The topological polar surface area (TPSA) is 51.2 Å². The van der Waals surface area contributed by atoms with Crippen molar-refractivity contribution in [1.82, 2.24) is 0 Å². The molecule has 16 heavy (non-hydrogen) atoms.